The van der Waals surface area contributed by atoms with Gasteiger partial charge in [-0.3, -0.25) is 9.59 Å². The standard InChI is InChI=1S/C29H33ClN2O2/c1-20(2)31-29(34)27(17-23-10-6-5-7-11-23)32(19-24-12-8-9-13-26(24)30)28(33)18-25-16-21(3)14-15-22(25)4/h5-16,20,27H,17-19H2,1-4H3,(H,31,34)/t27-/m1/s1. The van der Waals surface area contributed by atoms with Crippen LogP contribution in [0.5, 0.6) is 0 Å². The first-order valence-corrected chi connectivity index (χ1v) is 12.1. The SMILES string of the molecule is Cc1ccc(C)c(CC(=O)N(Cc2ccccc2Cl)[C@H](Cc2ccccc2)C(=O)NC(C)C)c1. The third-order valence-electron chi connectivity index (χ3n) is 5.85. The summed E-state index contributed by atoms with van der Waals surface area (Å²) in [5.74, 6) is -0.270. The number of hydrogen-bond donors (Lipinski definition) is 1. The van der Waals surface area contributed by atoms with Gasteiger partial charge in [0, 0.05) is 24.0 Å². The van der Waals surface area contributed by atoms with Crippen LogP contribution in [0.25, 0.3) is 0 Å². The van der Waals surface area contributed by atoms with E-state index in [-0.39, 0.29) is 30.8 Å². The molecule has 0 aliphatic rings. The van der Waals surface area contributed by atoms with Crippen LogP contribution in [0, 0.1) is 13.8 Å². The molecule has 178 valence electrons. The van der Waals surface area contributed by atoms with E-state index in [2.05, 4.69) is 5.32 Å². The van der Waals surface area contributed by atoms with Gasteiger partial charge in [-0.25, -0.2) is 0 Å². The molecule has 0 heterocycles. The molecule has 3 aromatic carbocycles. The van der Waals surface area contributed by atoms with Crippen LogP contribution in [0.15, 0.2) is 72.8 Å². The Morgan fingerprint density at radius 1 is 0.912 bits per heavy atom. The fourth-order valence-corrected chi connectivity index (χ4v) is 4.20. The third kappa shape index (κ3) is 6.94. The number of amides is 2. The van der Waals surface area contributed by atoms with Gasteiger partial charge in [0.05, 0.1) is 6.42 Å². The normalized spacial score (nSPS) is 11.8. The highest BCUT2D eigenvalue weighted by Gasteiger charge is 2.31. The number of benzene rings is 3. The number of halogens is 1. The summed E-state index contributed by atoms with van der Waals surface area (Å²) in [7, 11) is 0. The Morgan fingerprint density at radius 3 is 2.26 bits per heavy atom. The van der Waals surface area contributed by atoms with E-state index in [0.717, 1.165) is 27.8 Å². The van der Waals surface area contributed by atoms with Gasteiger partial charge < -0.3 is 10.2 Å². The average molecular weight is 477 g/mol. The quantitative estimate of drug-likeness (QED) is 0.433. The van der Waals surface area contributed by atoms with E-state index < -0.39 is 6.04 Å². The first-order valence-electron chi connectivity index (χ1n) is 11.7. The van der Waals surface area contributed by atoms with Gasteiger partial charge in [-0.05, 0) is 56.0 Å². The maximum Gasteiger partial charge on any atom is 0.243 e. The van der Waals surface area contributed by atoms with Crippen LogP contribution < -0.4 is 5.32 Å². The lowest BCUT2D eigenvalue weighted by molar-refractivity contribution is -0.141. The molecule has 0 saturated carbocycles. The van der Waals surface area contributed by atoms with Gasteiger partial charge in [-0.2, -0.15) is 0 Å². The Balaban J connectivity index is 2.01. The molecule has 1 atom stereocenters. The molecule has 3 aromatic rings. The molecule has 0 unspecified atom stereocenters. The van der Waals surface area contributed by atoms with Crippen molar-refractivity contribution in [3.05, 3.63) is 106 Å². The zero-order valence-electron chi connectivity index (χ0n) is 20.3. The molecule has 0 bridgehead atoms. The maximum absolute atomic E-state index is 13.8. The first-order chi connectivity index (χ1) is 16.2. The summed E-state index contributed by atoms with van der Waals surface area (Å²) in [6, 6.07) is 22.7. The summed E-state index contributed by atoms with van der Waals surface area (Å²) >= 11 is 6.47. The molecule has 3 rings (SSSR count). The van der Waals surface area contributed by atoms with Gasteiger partial charge in [0.2, 0.25) is 11.8 Å². The smallest absolute Gasteiger partial charge is 0.243 e. The zero-order valence-corrected chi connectivity index (χ0v) is 21.1. The van der Waals surface area contributed by atoms with Gasteiger partial charge in [-0.15, -0.1) is 0 Å². The minimum Gasteiger partial charge on any atom is -0.352 e. The lowest BCUT2D eigenvalue weighted by Crippen LogP contribution is -2.52. The number of carbonyl (C=O) groups excluding carboxylic acids is 2. The van der Waals surface area contributed by atoms with Crippen LogP contribution in [0.1, 0.15) is 41.7 Å². The van der Waals surface area contributed by atoms with Gasteiger partial charge in [0.15, 0.2) is 0 Å². The minimum atomic E-state index is -0.668. The highest BCUT2D eigenvalue weighted by molar-refractivity contribution is 6.31. The Hall–Kier alpha value is -3.11. The van der Waals surface area contributed by atoms with Crippen molar-refractivity contribution in [2.24, 2.45) is 0 Å². The Kier molecular flexibility index (Phi) is 8.89. The predicted molar refractivity (Wildman–Crippen MR) is 139 cm³/mol. The number of carbonyl (C=O) groups is 2. The summed E-state index contributed by atoms with van der Waals surface area (Å²) in [5.41, 5.74) is 4.94. The Morgan fingerprint density at radius 2 is 1.59 bits per heavy atom. The van der Waals surface area contributed by atoms with Gasteiger partial charge >= 0.3 is 0 Å². The Labute approximate surface area is 207 Å². The largest absolute Gasteiger partial charge is 0.352 e. The van der Waals surface area contributed by atoms with E-state index in [1.165, 1.54) is 0 Å². The monoisotopic (exact) mass is 476 g/mol. The minimum absolute atomic E-state index is 0.0398. The summed E-state index contributed by atoms with van der Waals surface area (Å²) in [6.45, 7) is 8.13. The molecule has 0 aliphatic carbocycles. The second-order valence-corrected chi connectivity index (χ2v) is 9.50. The number of nitrogens with one attached hydrogen (secondary N) is 1. The predicted octanol–water partition coefficient (Wildman–Crippen LogP) is 5.66. The molecule has 34 heavy (non-hydrogen) atoms. The van der Waals surface area contributed by atoms with Crippen molar-refractivity contribution in [2.75, 3.05) is 0 Å². The molecule has 5 heteroatoms. The molecule has 0 spiro atoms. The van der Waals surface area contributed by atoms with E-state index in [1.807, 2.05) is 100 Å². The molecule has 2 amide bonds. The van der Waals surface area contributed by atoms with Crippen molar-refractivity contribution >= 4 is 23.4 Å². The van der Waals surface area contributed by atoms with Gasteiger partial charge in [0.1, 0.15) is 6.04 Å². The number of nitrogens with zero attached hydrogens (tertiary/aromatic N) is 1. The molecule has 0 fully saturated rings. The van der Waals surface area contributed by atoms with Crippen molar-refractivity contribution in [3.63, 3.8) is 0 Å². The zero-order chi connectivity index (χ0) is 24.7. The average Bonchev–Trinajstić information content (AvgIpc) is 2.80. The highest BCUT2D eigenvalue weighted by Crippen LogP contribution is 2.22. The van der Waals surface area contributed by atoms with Gasteiger partial charge in [-0.1, -0.05) is 83.9 Å². The van der Waals surface area contributed by atoms with Crippen molar-refractivity contribution in [1.29, 1.82) is 0 Å². The molecule has 1 N–H and O–H groups in total. The van der Waals surface area contributed by atoms with Crippen molar-refractivity contribution in [3.8, 4) is 0 Å². The highest BCUT2D eigenvalue weighted by atomic mass is 35.5. The maximum atomic E-state index is 13.8. The van der Waals surface area contributed by atoms with E-state index in [4.69, 9.17) is 11.6 Å². The van der Waals surface area contributed by atoms with Crippen molar-refractivity contribution in [2.45, 2.75) is 59.2 Å². The molecular formula is C29H33ClN2O2. The number of rotatable bonds is 9. The number of aryl methyl sites for hydroxylation is 2. The van der Waals surface area contributed by atoms with Crippen LogP contribution in [-0.2, 0) is 29.0 Å². The van der Waals surface area contributed by atoms with Crippen LogP contribution in [0.3, 0.4) is 0 Å². The fourth-order valence-electron chi connectivity index (χ4n) is 4.00. The second-order valence-electron chi connectivity index (χ2n) is 9.09. The van der Waals surface area contributed by atoms with Crippen molar-refractivity contribution in [1.82, 2.24) is 10.2 Å². The van der Waals surface area contributed by atoms with E-state index >= 15 is 0 Å². The fraction of sp³-hybridized carbons (Fsp3) is 0.310. The molecule has 0 aromatic heterocycles. The number of hydrogen-bond acceptors (Lipinski definition) is 2. The van der Waals surface area contributed by atoms with E-state index in [0.29, 0.717) is 11.4 Å². The summed E-state index contributed by atoms with van der Waals surface area (Å²) in [4.78, 5) is 28.9. The lowest BCUT2D eigenvalue weighted by Gasteiger charge is -2.32. The summed E-state index contributed by atoms with van der Waals surface area (Å²) in [6.07, 6.45) is 0.639. The molecule has 4 nitrogen and oxygen atoms in total. The summed E-state index contributed by atoms with van der Waals surface area (Å²) in [5, 5.41) is 3.60. The topological polar surface area (TPSA) is 49.4 Å². The third-order valence-corrected chi connectivity index (χ3v) is 6.22. The second kappa shape index (κ2) is 11.8. The van der Waals surface area contributed by atoms with Crippen LogP contribution in [0.2, 0.25) is 5.02 Å². The lowest BCUT2D eigenvalue weighted by atomic mass is 9.99. The van der Waals surface area contributed by atoms with Crippen molar-refractivity contribution < 1.29 is 9.59 Å². The van der Waals surface area contributed by atoms with E-state index in [9.17, 15) is 9.59 Å². The summed E-state index contributed by atoms with van der Waals surface area (Å²) < 4.78 is 0. The first kappa shape index (κ1) is 25.5. The Bertz CT molecular complexity index is 1130. The van der Waals surface area contributed by atoms with Gasteiger partial charge in [0.25, 0.3) is 0 Å². The van der Waals surface area contributed by atoms with Crippen LogP contribution in [0.4, 0.5) is 0 Å². The molecule has 0 radical (unpaired) electrons. The molecule has 0 saturated heterocycles. The van der Waals surface area contributed by atoms with Crippen LogP contribution >= 0.6 is 11.6 Å². The molecular weight excluding hydrogens is 444 g/mol. The van der Waals surface area contributed by atoms with Crippen LogP contribution in [-0.4, -0.2) is 28.8 Å². The molecule has 0 aliphatic heterocycles. The van der Waals surface area contributed by atoms with E-state index in [1.54, 1.807) is 4.90 Å².